The molecule has 192 valence electrons. The second-order valence-corrected chi connectivity index (χ2v) is 11.4. The summed E-state index contributed by atoms with van der Waals surface area (Å²) < 4.78 is 5.40. The van der Waals surface area contributed by atoms with E-state index < -0.39 is 59.9 Å². The average molecular weight is 527 g/mol. The maximum absolute atomic E-state index is 13.1. The first-order valence-corrected chi connectivity index (χ1v) is 14.0. The Morgan fingerprint density at radius 2 is 1.89 bits per heavy atom. The van der Waals surface area contributed by atoms with E-state index in [0.29, 0.717) is 25.0 Å². The quantitative estimate of drug-likeness (QED) is 0.221. The van der Waals surface area contributed by atoms with Crippen LogP contribution in [-0.4, -0.2) is 77.2 Å². The van der Waals surface area contributed by atoms with E-state index in [9.17, 15) is 28.8 Å². The topological polar surface area (TPSA) is 160 Å². The number of rotatable bonds is 3. The summed E-state index contributed by atoms with van der Waals surface area (Å²) in [6, 6.07) is -2.02. The Balaban J connectivity index is 1.93. The summed E-state index contributed by atoms with van der Waals surface area (Å²) in [6.07, 6.45) is 3.84. The van der Waals surface area contributed by atoms with E-state index in [4.69, 9.17) is 4.74 Å². The van der Waals surface area contributed by atoms with E-state index in [0.717, 1.165) is 0 Å². The summed E-state index contributed by atoms with van der Waals surface area (Å²) in [5.74, 6) is -2.14. The summed E-state index contributed by atoms with van der Waals surface area (Å²) in [6.45, 7) is 0.977. The first-order chi connectivity index (χ1) is 16.7. The summed E-state index contributed by atoms with van der Waals surface area (Å²) in [4.78, 5) is 75.6. The van der Waals surface area contributed by atoms with Gasteiger partial charge in [0.25, 0.3) is 0 Å². The number of amides is 4. The van der Waals surface area contributed by atoms with E-state index in [2.05, 4.69) is 21.3 Å². The first kappa shape index (κ1) is 27.1. The molecular weight excluding hydrogens is 496 g/mol. The molecule has 2 aliphatic heterocycles. The summed E-state index contributed by atoms with van der Waals surface area (Å²) in [5.41, 5.74) is -1.13. The lowest BCUT2D eigenvalue weighted by Crippen LogP contribution is -2.59. The highest BCUT2D eigenvalue weighted by Crippen LogP contribution is 2.36. The third kappa shape index (κ3) is 8.27. The van der Waals surface area contributed by atoms with Gasteiger partial charge in [-0.15, -0.1) is 0 Å². The molecule has 0 radical (unpaired) electrons. The van der Waals surface area contributed by atoms with Crippen LogP contribution < -0.4 is 21.3 Å². The molecule has 11 nitrogen and oxygen atoms in total. The van der Waals surface area contributed by atoms with Crippen molar-refractivity contribution in [3.8, 4) is 0 Å². The van der Waals surface area contributed by atoms with Crippen molar-refractivity contribution in [2.75, 3.05) is 18.1 Å². The number of esters is 1. The van der Waals surface area contributed by atoms with Crippen molar-refractivity contribution in [2.24, 2.45) is 0 Å². The van der Waals surface area contributed by atoms with Crippen molar-refractivity contribution >= 4 is 57.0 Å². The molecule has 13 heteroatoms. The number of carbonyl (C=O) groups excluding carboxylic acids is 6. The third-order valence-electron chi connectivity index (χ3n) is 5.72. The molecule has 1 aliphatic carbocycles. The molecule has 1 spiro atoms. The number of nitrogens with one attached hydrogen (secondary N) is 4. The molecule has 2 heterocycles. The molecule has 0 aromatic rings. The van der Waals surface area contributed by atoms with Crippen molar-refractivity contribution in [3.63, 3.8) is 0 Å². The van der Waals surface area contributed by atoms with Gasteiger partial charge in [-0.05, 0) is 38.7 Å². The van der Waals surface area contributed by atoms with Crippen LogP contribution in [0.2, 0.25) is 0 Å². The molecule has 35 heavy (non-hydrogen) atoms. The maximum Gasteiger partial charge on any atom is 0.326 e. The summed E-state index contributed by atoms with van der Waals surface area (Å²) in [5, 5.41) is 10.5. The number of ketones is 1. The minimum atomic E-state index is -1.13. The first-order valence-electron chi connectivity index (χ1n) is 11.5. The van der Waals surface area contributed by atoms with Gasteiger partial charge in [-0.3, -0.25) is 24.0 Å². The van der Waals surface area contributed by atoms with Crippen LogP contribution in [0.3, 0.4) is 0 Å². The van der Waals surface area contributed by atoms with Gasteiger partial charge >= 0.3 is 5.97 Å². The zero-order valence-corrected chi connectivity index (χ0v) is 21.1. The summed E-state index contributed by atoms with van der Waals surface area (Å²) >= 11 is 0. The van der Waals surface area contributed by atoms with Crippen molar-refractivity contribution in [3.05, 3.63) is 12.2 Å². The highest BCUT2D eigenvalue weighted by molar-refractivity contribution is 8.76. The minimum Gasteiger partial charge on any atom is -0.456 e. The van der Waals surface area contributed by atoms with Gasteiger partial charge in [0.15, 0.2) is 0 Å². The molecule has 1 saturated heterocycles. The van der Waals surface area contributed by atoms with Crippen LogP contribution >= 0.6 is 21.6 Å². The SMILES string of the molecule is CC(=O)CC[C@H]1NC(=O)C[C@H]2/C=C/CCSSC[C@@H](NC1=O)C(=O)NC1(CC1)C(=O)NCC(=O)O2. The molecule has 1 saturated carbocycles. The number of carbonyl (C=O) groups is 6. The van der Waals surface area contributed by atoms with Gasteiger partial charge < -0.3 is 30.8 Å². The lowest BCUT2D eigenvalue weighted by atomic mass is 10.1. The molecule has 4 amide bonds. The van der Waals surface area contributed by atoms with E-state index in [-0.39, 0.29) is 30.8 Å². The zero-order chi connectivity index (χ0) is 25.4. The molecule has 2 fully saturated rings. The second-order valence-electron chi connectivity index (χ2n) is 8.73. The third-order valence-corrected chi connectivity index (χ3v) is 8.16. The Morgan fingerprint density at radius 1 is 1.11 bits per heavy atom. The number of Topliss-reactive ketones (excluding diaryl/α,β-unsaturated/α-hetero) is 1. The van der Waals surface area contributed by atoms with Gasteiger partial charge in [-0.1, -0.05) is 27.7 Å². The van der Waals surface area contributed by atoms with Gasteiger partial charge in [0.2, 0.25) is 23.6 Å². The molecular formula is C22H30N4O7S2. The lowest BCUT2D eigenvalue weighted by Gasteiger charge is -2.26. The highest BCUT2D eigenvalue weighted by atomic mass is 33.1. The number of hydrogen-bond acceptors (Lipinski definition) is 9. The molecule has 4 N–H and O–H groups in total. The normalized spacial score (nSPS) is 29.1. The van der Waals surface area contributed by atoms with Crippen LogP contribution in [0.15, 0.2) is 12.2 Å². The zero-order valence-electron chi connectivity index (χ0n) is 19.4. The predicted molar refractivity (Wildman–Crippen MR) is 130 cm³/mol. The van der Waals surface area contributed by atoms with Crippen LogP contribution in [0.4, 0.5) is 0 Å². The molecule has 0 aromatic carbocycles. The lowest BCUT2D eigenvalue weighted by molar-refractivity contribution is -0.148. The smallest absolute Gasteiger partial charge is 0.326 e. The molecule has 2 bridgehead atoms. The van der Waals surface area contributed by atoms with Gasteiger partial charge in [-0.2, -0.15) is 0 Å². The fraction of sp³-hybridized carbons (Fsp3) is 0.636. The predicted octanol–water partition coefficient (Wildman–Crippen LogP) is -0.253. The van der Waals surface area contributed by atoms with Crippen LogP contribution in [0.25, 0.3) is 0 Å². The highest BCUT2D eigenvalue weighted by Gasteiger charge is 2.52. The second kappa shape index (κ2) is 12.4. The van der Waals surface area contributed by atoms with Crippen molar-refractivity contribution in [2.45, 2.75) is 69.2 Å². The van der Waals surface area contributed by atoms with Gasteiger partial charge in [0.05, 0.1) is 6.42 Å². The van der Waals surface area contributed by atoms with Gasteiger partial charge in [-0.25, -0.2) is 0 Å². The Hall–Kier alpha value is -2.54. The Bertz CT molecular complexity index is 906. The molecule has 3 rings (SSSR count). The molecule has 3 aliphatic rings. The molecule has 0 aromatic heterocycles. The van der Waals surface area contributed by atoms with Crippen molar-refractivity contribution < 1.29 is 33.5 Å². The van der Waals surface area contributed by atoms with E-state index in [1.54, 1.807) is 12.2 Å². The molecule has 3 atom stereocenters. The number of allylic oxidation sites excluding steroid dienone is 1. The standard InChI is InChI=1S/C22H30N4O7S2/c1-13(27)5-6-15-19(30)25-16-12-35-34-9-3-2-4-14(10-17(28)24-15)33-18(29)11-23-21(32)22(7-8-22)26-20(16)31/h2,4,14-16H,3,5-12H2,1H3,(H,23,32)(H,24,28)(H,25,30)(H,26,31)/b4-2+/t14-,15-,16-/m1/s1. The van der Waals surface area contributed by atoms with Crippen molar-refractivity contribution in [1.29, 1.82) is 0 Å². The average Bonchev–Trinajstić information content (AvgIpc) is 3.57. The maximum atomic E-state index is 13.1. The monoisotopic (exact) mass is 526 g/mol. The Morgan fingerprint density at radius 3 is 2.60 bits per heavy atom. The number of fused-ring (bicyclic) bond motifs is 7. The van der Waals surface area contributed by atoms with Crippen molar-refractivity contribution in [1.82, 2.24) is 21.3 Å². The van der Waals surface area contributed by atoms with E-state index in [1.807, 2.05) is 0 Å². The van der Waals surface area contributed by atoms with Gasteiger partial charge in [0.1, 0.15) is 36.1 Å². The van der Waals surface area contributed by atoms with Gasteiger partial charge in [0, 0.05) is 17.9 Å². The van der Waals surface area contributed by atoms with Crippen LogP contribution in [0.1, 0.15) is 45.4 Å². The summed E-state index contributed by atoms with van der Waals surface area (Å²) in [7, 11) is 2.91. The van der Waals surface area contributed by atoms with E-state index in [1.165, 1.54) is 28.5 Å². The largest absolute Gasteiger partial charge is 0.456 e. The Kier molecular flexibility index (Phi) is 9.61. The minimum absolute atomic E-state index is 0.0514. The van der Waals surface area contributed by atoms with Crippen LogP contribution in [-0.2, 0) is 33.5 Å². The van der Waals surface area contributed by atoms with Crippen LogP contribution in [0.5, 0.6) is 0 Å². The Labute approximate surface area is 211 Å². The molecule has 0 unspecified atom stereocenters. The fourth-order valence-corrected chi connectivity index (χ4v) is 5.74. The number of ether oxygens (including phenoxy) is 1. The van der Waals surface area contributed by atoms with Crippen LogP contribution in [0, 0.1) is 0 Å². The number of hydrogen-bond donors (Lipinski definition) is 4. The van der Waals surface area contributed by atoms with E-state index >= 15 is 0 Å². The fourth-order valence-electron chi connectivity index (χ4n) is 3.58.